The molecule has 0 bridgehead atoms. The Balaban J connectivity index is 1.83. The molecule has 23 heavy (non-hydrogen) atoms. The summed E-state index contributed by atoms with van der Waals surface area (Å²) >= 11 is 0. The van der Waals surface area contributed by atoms with E-state index in [0.29, 0.717) is 26.1 Å². The van der Waals surface area contributed by atoms with E-state index in [-0.39, 0.29) is 5.82 Å². The first kappa shape index (κ1) is 15.9. The lowest BCUT2D eigenvalue weighted by molar-refractivity contribution is 0.0605. The van der Waals surface area contributed by atoms with Crippen molar-refractivity contribution in [2.45, 2.75) is 32.1 Å². The smallest absolute Gasteiger partial charge is 0.227 e. The van der Waals surface area contributed by atoms with E-state index < -0.39 is 5.60 Å². The molecule has 0 saturated carbocycles. The van der Waals surface area contributed by atoms with Crippen LogP contribution in [0.5, 0.6) is 0 Å². The molecule has 6 nitrogen and oxygen atoms in total. The largest absolute Gasteiger partial charge is 0.383 e. The number of aromatic nitrogens is 3. The number of hydrogen-bond donors (Lipinski definition) is 1. The molecule has 3 rings (SSSR count). The Morgan fingerprint density at radius 3 is 2.70 bits per heavy atom. The fraction of sp³-hybridized carbons (Fsp3) is 0.500. The highest BCUT2D eigenvalue weighted by atomic mass is 19.1. The molecule has 0 aliphatic carbocycles. The Labute approximate surface area is 134 Å². The molecule has 1 N–H and O–H groups in total. The quantitative estimate of drug-likeness (QED) is 0.908. The number of benzene rings is 1. The van der Waals surface area contributed by atoms with E-state index in [0.717, 1.165) is 23.9 Å². The van der Waals surface area contributed by atoms with Gasteiger partial charge in [-0.2, -0.15) is 0 Å². The summed E-state index contributed by atoms with van der Waals surface area (Å²) in [5.41, 5.74) is -0.277. The summed E-state index contributed by atoms with van der Waals surface area (Å²) in [4.78, 5) is 2.01. The predicted molar refractivity (Wildman–Crippen MR) is 83.5 cm³/mol. The number of ether oxygens (including phenoxy) is 1. The van der Waals surface area contributed by atoms with E-state index in [9.17, 15) is 9.50 Å². The van der Waals surface area contributed by atoms with Crippen LogP contribution in [0.4, 0.5) is 10.3 Å². The summed E-state index contributed by atoms with van der Waals surface area (Å²) in [5.74, 6) is 1.20. The molecule has 1 aliphatic rings. The van der Waals surface area contributed by atoms with E-state index in [1.807, 2.05) is 16.4 Å². The minimum atomic E-state index is -1.00. The molecule has 1 aromatic carbocycles. The Bertz CT molecular complexity index is 673. The number of methoxy groups -OCH3 is 1. The molecule has 124 valence electrons. The fourth-order valence-corrected chi connectivity index (χ4v) is 3.08. The number of hydrogen-bond acceptors (Lipinski definition) is 5. The number of nitrogens with zero attached hydrogens (tertiary/aromatic N) is 4. The summed E-state index contributed by atoms with van der Waals surface area (Å²) in [5, 5.41) is 19.3. The number of β-amino-alcohol motifs (C(OH)–C–C–N with tert-alkyl or cyclic N) is 1. The van der Waals surface area contributed by atoms with Gasteiger partial charge in [-0.3, -0.25) is 4.57 Å². The molecule has 1 aromatic heterocycles. The lowest BCUT2D eigenvalue weighted by atomic mass is 9.93. The van der Waals surface area contributed by atoms with Crippen molar-refractivity contribution in [1.82, 2.24) is 14.8 Å². The number of aliphatic hydroxyl groups is 1. The van der Waals surface area contributed by atoms with E-state index in [1.54, 1.807) is 19.2 Å². The second-order valence-electron chi connectivity index (χ2n) is 5.80. The number of rotatable bonds is 5. The van der Waals surface area contributed by atoms with Crippen LogP contribution >= 0.6 is 0 Å². The molecule has 0 amide bonds. The van der Waals surface area contributed by atoms with Crippen molar-refractivity contribution < 1.29 is 14.2 Å². The van der Waals surface area contributed by atoms with Crippen LogP contribution in [0.15, 0.2) is 24.3 Å². The van der Waals surface area contributed by atoms with E-state index in [2.05, 4.69) is 10.2 Å². The van der Waals surface area contributed by atoms with Crippen LogP contribution in [0.25, 0.3) is 0 Å². The number of anilines is 1. The van der Waals surface area contributed by atoms with Gasteiger partial charge >= 0.3 is 0 Å². The van der Waals surface area contributed by atoms with Gasteiger partial charge in [0, 0.05) is 20.2 Å². The molecule has 7 heteroatoms. The predicted octanol–water partition coefficient (Wildman–Crippen LogP) is 1.68. The van der Waals surface area contributed by atoms with Crippen LogP contribution in [0.3, 0.4) is 0 Å². The van der Waals surface area contributed by atoms with Crippen molar-refractivity contribution in [3.63, 3.8) is 0 Å². The van der Waals surface area contributed by atoms with Gasteiger partial charge in [0.25, 0.3) is 0 Å². The summed E-state index contributed by atoms with van der Waals surface area (Å²) in [7, 11) is 1.62. The normalized spacial score (nSPS) is 21.1. The van der Waals surface area contributed by atoms with Crippen molar-refractivity contribution in [3.8, 4) is 0 Å². The zero-order valence-electron chi connectivity index (χ0n) is 13.4. The van der Waals surface area contributed by atoms with Gasteiger partial charge in [-0.25, -0.2) is 4.39 Å². The van der Waals surface area contributed by atoms with Gasteiger partial charge in [-0.05, 0) is 31.0 Å². The topological polar surface area (TPSA) is 63.4 Å². The van der Waals surface area contributed by atoms with Crippen LogP contribution in [0.2, 0.25) is 0 Å². The Kier molecular flexibility index (Phi) is 4.32. The van der Waals surface area contributed by atoms with Crippen molar-refractivity contribution in [3.05, 3.63) is 41.5 Å². The third-order valence-electron chi connectivity index (χ3n) is 4.31. The average molecular weight is 320 g/mol. The minimum Gasteiger partial charge on any atom is -0.383 e. The van der Waals surface area contributed by atoms with Gasteiger partial charge in [0.15, 0.2) is 5.82 Å². The highest BCUT2D eigenvalue weighted by Crippen LogP contribution is 2.34. The highest BCUT2D eigenvalue weighted by molar-refractivity contribution is 5.38. The summed E-state index contributed by atoms with van der Waals surface area (Å²) in [6.07, 6.45) is 0.564. The molecular formula is C16H21FN4O2. The maximum absolute atomic E-state index is 13.1. The second-order valence-corrected chi connectivity index (χ2v) is 5.80. The van der Waals surface area contributed by atoms with Crippen LogP contribution in [0, 0.1) is 5.82 Å². The summed E-state index contributed by atoms with van der Waals surface area (Å²) < 4.78 is 20.2. The lowest BCUT2D eigenvalue weighted by Crippen LogP contribution is -2.32. The SMILES string of the molecule is CCn1c(COC)nnc1N1CCC(O)(c2ccc(F)cc2)C1. The van der Waals surface area contributed by atoms with E-state index in [1.165, 1.54) is 12.1 Å². The minimum absolute atomic E-state index is 0.304. The molecule has 1 aliphatic heterocycles. The van der Waals surface area contributed by atoms with Crippen molar-refractivity contribution in [1.29, 1.82) is 0 Å². The molecule has 2 heterocycles. The molecule has 2 aromatic rings. The molecular weight excluding hydrogens is 299 g/mol. The standard InChI is InChI=1S/C16H21FN4O2/c1-3-21-14(10-23-2)18-19-15(21)20-9-8-16(22,11-20)12-4-6-13(17)7-5-12/h4-7,22H,3,8-11H2,1-2H3. The second kappa shape index (κ2) is 6.25. The lowest BCUT2D eigenvalue weighted by Gasteiger charge is -2.24. The van der Waals surface area contributed by atoms with Gasteiger partial charge < -0.3 is 14.7 Å². The Morgan fingerprint density at radius 1 is 1.30 bits per heavy atom. The van der Waals surface area contributed by atoms with E-state index >= 15 is 0 Å². The Hall–Kier alpha value is -1.99. The third-order valence-corrected chi connectivity index (χ3v) is 4.31. The number of halogens is 1. The summed E-state index contributed by atoms with van der Waals surface area (Å²) in [6.45, 7) is 4.22. The van der Waals surface area contributed by atoms with Gasteiger partial charge in [0.2, 0.25) is 5.95 Å². The van der Waals surface area contributed by atoms with Crippen molar-refractivity contribution in [2.24, 2.45) is 0 Å². The first-order valence-electron chi connectivity index (χ1n) is 7.72. The van der Waals surface area contributed by atoms with Gasteiger partial charge in [0.05, 0.1) is 6.54 Å². The van der Waals surface area contributed by atoms with Crippen molar-refractivity contribution >= 4 is 5.95 Å². The molecule has 1 unspecified atom stereocenters. The molecule has 1 saturated heterocycles. The van der Waals surface area contributed by atoms with Gasteiger partial charge in [0.1, 0.15) is 18.0 Å². The highest BCUT2D eigenvalue weighted by Gasteiger charge is 2.39. The first-order valence-corrected chi connectivity index (χ1v) is 7.72. The maximum Gasteiger partial charge on any atom is 0.227 e. The van der Waals surface area contributed by atoms with Gasteiger partial charge in [-0.1, -0.05) is 12.1 Å². The molecule has 0 radical (unpaired) electrons. The molecule has 1 atom stereocenters. The van der Waals surface area contributed by atoms with Crippen LogP contribution < -0.4 is 4.90 Å². The van der Waals surface area contributed by atoms with Gasteiger partial charge in [-0.15, -0.1) is 10.2 Å². The maximum atomic E-state index is 13.1. The average Bonchev–Trinajstić information content (AvgIpc) is 3.12. The van der Waals surface area contributed by atoms with Crippen LogP contribution in [-0.2, 0) is 23.5 Å². The zero-order valence-corrected chi connectivity index (χ0v) is 13.4. The zero-order chi connectivity index (χ0) is 16.4. The Morgan fingerprint density at radius 2 is 2.04 bits per heavy atom. The van der Waals surface area contributed by atoms with Crippen molar-refractivity contribution in [2.75, 3.05) is 25.1 Å². The third kappa shape index (κ3) is 2.94. The molecule has 1 fully saturated rings. The van der Waals surface area contributed by atoms with Crippen LogP contribution in [-0.4, -0.2) is 40.1 Å². The first-order chi connectivity index (χ1) is 11.1. The van der Waals surface area contributed by atoms with Crippen LogP contribution in [0.1, 0.15) is 24.7 Å². The fourth-order valence-electron chi connectivity index (χ4n) is 3.08. The van der Waals surface area contributed by atoms with E-state index in [4.69, 9.17) is 4.74 Å². The molecule has 0 spiro atoms. The summed E-state index contributed by atoms with van der Waals surface area (Å²) in [6, 6.07) is 6.03. The monoisotopic (exact) mass is 320 g/mol.